The van der Waals surface area contributed by atoms with Gasteiger partial charge in [-0.15, -0.1) is 0 Å². The van der Waals surface area contributed by atoms with Gasteiger partial charge >= 0.3 is 0 Å². The summed E-state index contributed by atoms with van der Waals surface area (Å²) in [5, 5.41) is 12.2. The van der Waals surface area contributed by atoms with Gasteiger partial charge in [-0.25, -0.2) is 0 Å². The molecule has 3 aromatic rings. The summed E-state index contributed by atoms with van der Waals surface area (Å²) >= 11 is 0. The number of Topliss-reactive ketones (excluding diaryl/α,β-unsaturated/α-hetero) is 1. The molecule has 0 fully saturated rings. The second-order valence-corrected chi connectivity index (χ2v) is 5.11. The number of ketones is 1. The van der Waals surface area contributed by atoms with Gasteiger partial charge in [0, 0.05) is 12.0 Å². The number of carbonyl (C=O) groups excluding carboxylic acids is 1. The number of hydrogen-bond acceptors (Lipinski definition) is 2. The molecule has 0 aliphatic carbocycles. The summed E-state index contributed by atoms with van der Waals surface area (Å²) in [6.45, 7) is 1.82. The summed E-state index contributed by atoms with van der Waals surface area (Å²) in [6, 6.07) is 19.3. The molecule has 0 aliphatic rings. The molecule has 0 aliphatic heterocycles. The van der Waals surface area contributed by atoms with Gasteiger partial charge in [0.2, 0.25) is 0 Å². The Morgan fingerprint density at radius 1 is 0.905 bits per heavy atom. The number of benzene rings is 3. The third-order valence-electron chi connectivity index (χ3n) is 3.64. The van der Waals surface area contributed by atoms with Crippen LogP contribution in [0, 0.1) is 0 Å². The van der Waals surface area contributed by atoms with Crippen molar-refractivity contribution in [2.24, 2.45) is 0 Å². The van der Waals surface area contributed by atoms with Gasteiger partial charge in [-0.1, -0.05) is 43.3 Å². The molecule has 3 aromatic carbocycles. The molecule has 0 radical (unpaired) electrons. The third kappa shape index (κ3) is 2.65. The van der Waals surface area contributed by atoms with Gasteiger partial charge < -0.3 is 5.11 Å². The monoisotopic (exact) mass is 276 g/mol. The summed E-state index contributed by atoms with van der Waals surface area (Å²) in [7, 11) is 0. The van der Waals surface area contributed by atoms with E-state index in [-0.39, 0.29) is 11.5 Å². The first kappa shape index (κ1) is 13.4. The molecule has 0 bridgehead atoms. The van der Waals surface area contributed by atoms with Crippen LogP contribution in [0.5, 0.6) is 5.75 Å². The Balaban J connectivity index is 2.13. The Morgan fingerprint density at radius 2 is 1.67 bits per heavy atom. The zero-order chi connectivity index (χ0) is 14.8. The molecule has 2 heteroatoms. The minimum absolute atomic E-state index is 0.0351. The minimum atomic E-state index is 0.0351. The van der Waals surface area contributed by atoms with Crippen LogP contribution in [0.3, 0.4) is 0 Å². The molecular weight excluding hydrogens is 260 g/mol. The summed E-state index contributed by atoms with van der Waals surface area (Å²) in [6.07, 6.45) is 0.431. The van der Waals surface area contributed by atoms with Gasteiger partial charge in [-0.05, 0) is 46.2 Å². The van der Waals surface area contributed by atoms with Crippen molar-refractivity contribution >= 4 is 16.6 Å². The lowest BCUT2D eigenvalue weighted by atomic mass is 9.98. The van der Waals surface area contributed by atoms with Gasteiger partial charge in [0.25, 0.3) is 0 Å². The van der Waals surface area contributed by atoms with Crippen LogP contribution in [-0.2, 0) is 0 Å². The number of phenols is 1. The second-order valence-electron chi connectivity index (χ2n) is 5.11. The van der Waals surface area contributed by atoms with E-state index in [0.29, 0.717) is 12.0 Å². The maximum atomic E-state index is 11.9. The normalized spacial score (nSPS) is 10.7. The van der Waals surface area contributed by atoms with Crippen molar-refractivity contribution in [1.29, 1.82) is 0 Å². The Labute approximate surface area is 123 Å². The smallest absolute Gasteiger partial charge is 0.162 e. The van der Waals surface area contributed by atoms with Crippen LogP contribution < -0.4 is 0 Å². The van der Waals surface area contributed by atoms with Crippen LogP contribution >= 0.6 is 0 Å². The summed E-state index contributed by atoms with van der Waals surface area (Å²) in [5.74, 6) is 0.158. The number of hydrogen-bond donors (Lipinski definition) is 1. The van der Waals surface area contributed by atoms with Crippen molar-refractivity contribution in [3.63, 3.8) is 0 Å². The molecule has 0 heterocycles. The fraction of sp³-hybridized carbons (Fsp3) is 0.105. The summed E-state index contributed by atoms with van der Waals surface area (Å²) in [5.41, 5.74) is 2.41. The van der Waals surface area contributed by atoms with E-state index >= 15 is 0 Å². The largest absolute Gasteiger partial charge is 0.508 e. The molecule has 0 unspecified atom stereocenters. The van der Waals surface area contributed by atoms with Crippen molar-refractivity contribution in [1.82, 2.24) is 0 Å². The summed E-state index contributed by atoms with van der Waals surface area (Å²) < 4.78 is 0. The average Bonchev–Trinajstić information content (AvgIpc) is 2.53. The van der Waals surface area contributed by atoms with Gasteiger partial charge in [-0.2, -0.15) is 0 Å². The van der Waals surface area contributed by atoms with Crippen molar-refractivity contribution in [3.05, 3.63) is 66.2 Å². The van der Waals surface area contributed by atoms with Crippen molar-refractivity contribution in [3.8, 4) is 16.9 Å². The highest BCUT2D eigenvalue weighted by atomic mass is 16.3. The van der Waals surface area contributed by atoms with E-state index in [2.05, 4.69) is 24.3 Å². The lowest BCUT2D eigenvalue weighted by Crippen LogP contribution is -1.96. The van der Waals surface area contributed by atoms with Gasteiger partial charge in [0.05, 0.1) is 0 Å². The molecule has 3 rings (SSSR count). The minimum Gasteiger partial charge on any atom is -0.508 e. The van der Waals surface area contributed by atoms with Crippen LogP contribution in [0.1, 0.15) is 23.7 Å². The Hall–Kier alpha value is -2.61. The molecule has 0 atom stereocenters. The first-order valence-corrected chi connectivity index (χ1v) is 7.04. The summed E-state index contributed by atoms with van der Waals surface area (Å²) in [4.78, 5) is 11.9. The third-order valence-corrected chi connectivity index (χ3v) is 3.64. The molecule has 21 heavy (non-hydrogen) atoms. The van der Waals surface area contributed by atoms with E-state index in [0.717, 1.165) is 16.5 Å². The predicted octanol–water partition coefficient (Wildman–Crippen LogP) is 4.81. The molecule has 2 nitrogen and oxygen atoms in total. The van der Waals surface area contributed by atoms with E-state index in [1.54, 1.807) is 6.07 Å². The lowest BCUT2D eigenvalue weighted by Gasteiger charge is -2.07. The molecule has 1 N–H and O–H groups in total. The Kier molecular flexibility index (Phi) is 3.44. The standard InChI is InChI=1S/C19H16O2/c1-2-19(21)17-10-16(11-18(20)12-17)15-8-7-13-5-3-4-6-14(13)9-15/h3-12,20H,2H2,1H3. The van der Waals surface area contributed by atoms with Crippen LogP contribution in [0.25, 0.3) is 21.9 Å². The van der Waals surface area contributed by atoms with Crippen molar-refractivity contribution < 1.29 is 9.90 Å². The fourth-order valence-electron chi connectivity index (χ4n) is 2.51. The first-order valence-electron chi connectivity index (χ1n) is 7.04. The van der Waals surface area contributed by atoms with E-state index < -0.39 is 0 Å². The van der Waals surface area contributed by atoms with Crippen LogP contribution in [-0.4, -0.2) is 10.9 Å². The highest BCUT2D eigenvalue weighted by molar-refractivity contribution is 5.98. The van der Waals surface area contributed by atoms with Gasteiger partial charge in [0.15, 0.2) is 5.78 Å². The van der Waals surface area contributed by atoms with Gasteiger partial charge in [0.1, 0.15) is 5.75 Å². The maximum Gasteiger partial charge on any atom is 0.162 e. The Morgan fingerprint density at radius 3 is 2.43 bits per heavy atom. The van der Waals surface area contributed by atoms with E-state index in [9.17, 15) is 9.90 Å². The average molecular weight is 276 g/mol. The van der Waals surface area contributed by atoms with Crippen molar-refractivity contribution in [2.75, 3.05) is 0 Å². The van der Waals surface area contributed by atoms with Crippen LogP contribution in [0.4, 0.5) is 0 Å². The quantitative estimate of drug-likeness (QED) is 0.697. The lowest BCUT2D eigenvalue weighted by molar-refractivity contribution is 0.0988. The molecule has 0 aromatic heterocycles. The number of rotatable bonds is 3. The SMILES string of the molecule is CCC(=O)c1cc(O)cc(-c2ccc3ccccc3c2)c1. The number of fused-ring (bicyclic) bond motifs is 1. The first-order chi connectivity index (χ1) is 10.2. The molecule has 0 spiro atoms. The zero-order valence-electron chi connectivity index (χ0n) is 11.8. The molecule has 0 saturated heterocycles. The highest BCUT2D eigenvalue weighted by Gasteiger charge is 2.08. The fourth-order valence-corrected chi connectivity index (χ4v) is 2.51. The number of carbonyl (C=O) groups is 1. The van der Waals surface area contributed by atoms with Gasteiger partial charge in [-0.3, -0.25) is 4.79 Å². The predicted molar refractivity (Wildman–Crippen MR) is 85.7 cm³/mol. The number of aromatic hydroxyl groups is 1. The van der Waals surface area contributed by atoms with Crippen LogP contribution in [0.15, 0.2) is 60.7 Å². The van der Waals surface area contributed by atoms with E-state index in [1.165, 1.54) is 11.5 Å². The second kappa shape index (κ2) is 5.41. The van der Waals surface area contributed by atoms with Crippen LogP contribution in [0.2, 0.25) is 0 Å². The topological polar surface area (TPSA) is 37.3 Å². The molecule has 0 amide bonds. The van der Waals surface area contributed by atoms with E-state index in [1.807, 2.05) is 31.2 Å². The maximum absolute atomic E-state index is 11.9. The zero-order valence-corrected chi connectivity index (χ0v) is 11.8. The molecular formula is C19H16O2. The van der Waals surface area contributed by atoms with Crippen molar-refractivity contribution in [2.45, 2.75) is 13.3 Å². The number of phenolic OH excluding ortho intramolecular Hbond substituents is 1. The molecule has 104 valence electrons. The highest BCUT2D eigenvalue weighted by Crippen LogP contribution is 2.28. The van der Waals surface area contributed by atoms with E-state index in [4.69, 9.17) is 0 Å². The molecule has 0 saturated carbocycles. The Bertz CT molecular complexity index is 819.